The van der Waals surface area contributed by atoms with Gasteiger partial charge in [0, 0.05) is 18.9 Å². The molecule has 1 aliphatic carbocycles. The molecule has 0 radical (unpaired) electrons. The van der Waals surface area contributed by atoms with Crippen LogP contribution in [-0.4, -0.2) is 47.6 Å². The molecule has 2 aliphatic rings. The minimum atomic E-state index is -4.75. The first kappa shape index (κ1) is 19.8. The zero-order chi connectivity index (χ0) is 19.5. The van der Waals surface area contributed by atoms with Crippen LogP contribution in [0, 0.1) is 0 Å². The van der Waals surface area contributed by atoms with Crippen LogP contribution >= 0.6 is 0 Å². The van der Waals surface area contributed by atoms with Gasteiger partial charge in [0.25, 0.3) is 0 Å². The van der Waals surface area contributed by atoms with Crippen LogP contribution in [0.25, 0.3) is 0 Å². The number of halogens is 3. The van der Waals surface area contributed by atoms with Crippen molar-refractivity contribution in [1.82, 2.24) is 9.97 Å². The average Bonchev–Trinajstić information content (AvgIpc) is 3.05. The second-order valence-corrected chi connectivity index (χ2v) is 6.43. The molecule has 2 heterocycles. The van der Waals surface area contributed by atoms with E-state index in [4.69, 9.17) is 18.9 Å². The van der Waals surface area contributed by atoms with E-state index in [0.717, 1.165) is 0 Å². The third kappa shape index (κ3) is 5.07. The summed E-state index contributed by atoms with van der Waals surface area (Å²) in [6.07, 6.45) is -3.10. The van der Waals surface area contributed by atoms with Crippen molar-refractivity contribution in [2.75, 3.05) is 19.8 Å². The number of carbonyl (C=O) groups is 1. The van der Waals surface area contributed by atoms with Crippen LogP contribution in [-0.2, 0) is 31.6 Å². The molecule has 150 valence electrons. The van der Waals surface area contributed by atoms with Crippen molar-refractivity contribution in [2.45, 2.75) is 57.1 Å². The standard InChI is InChI=1S/C17H21F3N2O5/c1-2-24-14(23)10-11-9-13(22-15(21-11)17(18,19)20)27-12-3-5-16(6-4-12)25-7-8-26-16/h9,12H,2-8,10H2,1H3. The van der Waals surface area contributed by atoms with Crippen molar-refractivity contribution >= 4 is 5.97 Å². The quantitative estimate of drug-likeness (QED) is 0.715. The van der Waals surface area contributed by atoms with Gasteiger partial charge in [-0.25, -0.2) is 4.98 Å². The van der Waals surface area contributed by atoms with Gasteiger partial charge < -0.3 is 18.9 Å². The third-order valence-corrected chi connectivity index (χ3v) is 4.44. The summed E-state index contributed by atoms with van der Waals surface area (Å²) in [6, 6.07) is 1.25. The number of rotatable bonds is 5. The van der Waals surface area contributed by atoms with Gasteiger partial charge in [0.2, 0.25) is 11.7 Å². The molecule has 7 nitrogen and oxygen atoms in total. The first-order chi connectivity index (χ1) is 12.8. The molecular weight excluding hydrogens is 369 g/mol. The molecule has 1 aromatic rings. The van der Waals surface area contributed by atoms with Gasteiger partial charge in [0.05, 0.1) is 31.9 Å². The lowest BCUT2D eigenvalue weighted by Crippen LogP contribution is -2.38. The van der Waals surface area contributed by atoms with Crippen molar-refractivity contribution < 1.29 is 36.9 Å². The highest BCUT2D eigenvalue weighted by atomic mass is 19.4. The maximum atomic E-state index is 13.1. The second kappa shape index (κ2) is 7.97. The number of nitrogens with zero attached hydrogens (tertiary/aromatic N) is 2. The van der Waals surface area contributed by atoms with Crippen LogP contribution in [0.1, 0.15) is 44.1 Å². The number of carbonyl (C=O) groups excluding carboxylic acids is 1. The summed E-state index contributed by atoms with van der Waals surface area (Å²) in [4.78, 5) is 18.5. The molecule has 27 heavy (non-hydrogen) atoms. The van der Waals surface area contributed by atoms with Crippen molar-refractivity contribution in [3.8, 4) is 5.88 Å². The molecule has 3 rings (SSSR count). The fourth-order valence-electron chi connectivity index (χ4n) is 3.22. The Bertz CT molecular complexity index is 667. The van der Waals surface area contributed by atoms with E-state index < -0.39 is 23.8 Å². The Morgan fingerprint density at radius 2 is 1.93 bits per heavy atom. The van der Waals surface area contributed by atoms with Crippen molar-refractivity contribution in [3.05, 3.63) is 17.6 Å². The van der Waals surface area contributed by atoms with Crippen LogP contribution in [0.15, 0.2) is 6.07 Å². The van der Waals surface area contributed by atoms with Crippen molar-refractivity contribution in [1.29, 1.82) is 0 Å². The molecule has 1 saturated heterocycles. The topological polar surface area (TPSA) is 79.8 Å². The molecule has 10 heteroatoms. The van der Waals surface area contributed by atoms with E-state index in [9.17, 15) is 18.0 Å². The smallest absolute Gasteiger partial charge is 0.451 e. The van der Waals surface area contributed by atoms with Crippen LogP contribution in [0.4, 0.5) is 13.2 Å². The Morgan fingerprint density at radius 3 is 2.52 bits per heavy atom. The monoisotopic (exact) mass is 390 g/mol. The maximum Gasteiger partial charge on any atom is 0.451 e. The highest BCUT2D eigenvalue weighted by Crippen LogP contribution is 2.37. The summed E-state index contributed by atoms with van der Waals surface area (Å²) < 4.78 is 60.9. The Morgan fingerprint density at radius 1 is 1.26 bits per heavy atom. The lowest BCUT2D eigenvalue weighted by Gasteiger charge is -2.35. The van der Waals surface area contributed by atoms with Gasteiger partial charge in [-0.1, -0.05) is 0 Å². The number of ether oxygens (including phenoxy) is 4. The lowest BCUT2D eigenvalue weighted by atomic mass is 9.92. The summed E-state index contributed by atoms with van der Waals surface area (Å²) in [6.45, 7) is 2.84. The van der Waals surface area contributed by atoms with Crippen molar-refractivity contribution in [3.63, 3.8) is 0 Å². The van der Waals surface area contributed by atoms with E-state index in [1.165, 1.54) is 6.07 Å². The minimum Gasteiger partial charge on any atom is -0.474 e. The molecule has 1 aromatic heterocycles. The molecule has 1 saturated carbocycles. The molecule has 0 aromatic carbocycles. The molecule has 0 amide bonds. The average molecular weight is 390 g/mol. The van der Waals surface area contributed by atoms with E-state index in [1.807, 2.05) is 0 Å². The molecule has 0 bridgehead atoms. The SMILES string of the molecule is CCOC(=O)Cc1cc(OC2CCC3(CC2)OCCO3)nc(C(F)(F)F)n1. The summed E-state index contributed by atoms with van der Waals surface area (Å²) >= 11 is 0. The van der Waals surface area contributed by atoms with Crippen molar-refractivity contribution in [2.24, 2.45) is 0 Å². The van der Waals surface area contributed by atoms with Gasteiger partial charge in [-0.05, 0) is 19.8 Å². The molecule has 0 unspecified atom stereocenters. The summed E-state index contributed by atoms with van der Waals surface area (Å²) in [7, 11) is 0. The lowest BCUT2D eigenvalue weighted by molar-refractivity contribution is -0.186. The minimum absolute atomic E-state index is 0.0967. The number of hydrogen-bond donors (Lipinski definition) is 0. The zero-order valence-corrected chi connectivity index (χ0v) is 14.9. The highest BCUT2D eigenvalue weighted by molar-refractivity contribution is 5.72. The molecular formula is C17H21F3N2O5. The Balaban J connectivity index is 1.71. The van der Waals surface area contributed by atoms with Crippen LogP contribution in [0.2, 0.25) is 0 Å². The maximum absolute atomic E-state index is 13.1. The van der Waals surface area contributed by atoms with Crippen LogP contribution in [0.5, 0.6) is 5.88 Å². The van der Waals surface area contributed by atoms with E-state index in [1.54, 1.807) is 6.92 Å². The summed E-state index contributed by atoms with van der Waals surface area (Å²) in [5.74, 6) is -2.79. The number of hydrogen-bond acceptors (Lipinski definition) is 7. The van der Waals surface area contributed by atoms with Gasteiger partial charge in [0.15, 0.2) is 5.79 Å². The first-order valence-electron chi connectivity index (χ1n) is 8.85. The van der Waals surface area contributed by atoms with Gasteiger partial charge in [0.1, 0.15) is 6.10 Å². The van der Waals surface area contributed by atoms with E-state index in [-0.39, 0.29) is 30.7 Å². The fraction of sp³-hybridized carbons (Fsp3) is 0.706. The Kier molecular flexibility index (Phi) is 5.85. The predicted octanol–water partition coefficient (Wildman–Crippen LogP) is 2.67. The van der Waals surface area contributed by atoms with E-state index in [2.05, 4.69) is 9.97 Å². The third-order valence-electron chi connectivity index (χ3n) is 4.44. The molecule has 2 fully saturated rings. The Hall–Kier alpha value is -1.94. The second-order valence-electron chi connectivity index (χ2n) is 6.43. The first-order valence-corrected chi connectivity index (χ1v) is 8.85. The van der Waals surface area contributed by atoms with Gasteiger partial charge >= 0.3 is 12.1 Å². The van der Waals surface area contributed by atoms with E-state index in [0.29, 0.717) is 38.9 Å². The van der Waals surface area contributed by atoms with E-state index >= 15 is 0 Å². The largest absolute Gasteiger partial charge is 0.474 e. The molecule has 0 N–H and O–H groups in total. The summed E-state index contributed by atoms with van der Waals surface area (Å²) in [5, 5.41) is 0. The number of aromatic nitrogens is 2. The summed E-state index contributed by atoms with van der Waals surface area (Å²) in [5.41, 5.74) is -0.0967. The van der Waals surface area contributed by atoms with Gasteiger partial charge in [-0.3, -0.25) is 4.79 Å². The normalized spacial score (nSPS) is 20.0. The molecule has 1 aliphatic heterocycles. The van der Waals surface area contributed by atoms with Crippen LogP contribution < -0.4 is 4.74 Å². The Labute approximate surface area is 154 Å². The van der Waals surface area contributed by atoms with Gasteiger partial charge in [-0.2, -0.15) is 18.2 Å². The van der Waals surface area contributed by atoms with Gasteiger partial charge in [-0.15, -0.1) is 0 Å². The fourth-order valence-corrected chi connectivity index (χ4v) is 3.22. The van der Waals surface area contributed by atoms with Crippen LogP contribution in [0.3, 0.4) is 0 Å². The highest BCUT2D eigenvalue weighted by Gasteiger charge is 2.41. The zero-order valence-electron chi connectivity index (χ0n) is 14.9. The predicted molar refractivity (Wildman–Crippen MR) is 84.9 cm³/mol. The molecule has 1 spiro atoms. The number of esters is 1. The molecule has 0 atom stereocenters. The number of alkyl halides is 3.